The summed E-state index contributed by atoms with van der Waals surface area (Å²) in [6.07, 6.45) is 2.91. The number of carbonyl (C=O) groups is 2. The smallest absolute Gasteiger partial charge is 0.319 e. The van der Waals surface area contributed by atoms with Crippen LogP contribution in [0.25, 0.3) is 0 Å². The van der Waals surface area contributed by atoms with Crippen molar-refractivity contribution < 1.29 is 14.4 Å². The number of nitrogens with one attached hydrogen (secondary N) is 1. The minimum absolute atomic E-state index is 0.130. The minimum Gasteiger partial charge on any atom is -0.370 e. The molecule has 1 aromatic heterocycles. The molecule has 10 nitrogen and oxygen atoms in total. The molecule has 0 radical (unpaired) electrons. The van der Waals surface area contributed by atoms with Crippen molar-refractivity contribution >= 4 is 17.6 Å². The number of imide groups is 1. The fourth-order valence-electron chi connectivity index (χ4n) is 0.738. The molecule has 0 atom stereocenters. The SMILES string of the molecule is N#CC(=NOCn1ccnn1)C(=O)NC(N)=O. The van der Waals surface area contributed by atoms with Crippen LogP contribution in [0.1, 0.15) is 0 Å². The van der Waals surface area contributed by atoms with Crippen LogP contribution in [0.15, 0.2) is 17.5 Å². The second kappa shape index (κ2) is 5.81. The first-order valence-electron chi connectivity index (χ1n) is 4.18. The number of oxime groups is 1. The number of hydrogen-bond acceptors (Lipinski definition) is 7. The van der Waals surface area contributed by atoms with E-state index in [1.54, 1.807) is 5.32 Å². The van der Waals surface area contributed by atoms with E-state index in [2.05, 4.69) is 20.3 Å². The Morgan fingerprint density at radius 1 is 1.65 bits per heavy atom. The second-order valence-electron chi connectivity index (χ2n) is 2.57. The maximum Gasteiger partial charge on any atom is 0.319 e. The van der Waals surface area contributed by atoms with E-state index in [1.807, 2.05) is 0 Å². The van der Waals surface area contributed by atoms with E-state index in [4.69, 9.17) is 11.0 Å². The molecule has 0 aliphatic carbocycles. The summed E-state index contributed by atoms with van der Waals surface area (Å²) < 4.78 is 1.27. The van der Waals surface area contributed by atoms with E-state index in [1.165, 1.54) is 23.1 Å². The summed E-state index contributed by atoms with van der Waals surface area (Å²) in [6.45, 7) is -0.130. The van der Waals surface area contributed by atoms with Gasteiger partial charge in [-0.1, -0.05) is 10.4 Å². The van der Waals surface area contributed by atoms with Crippen molar-refractivity contribution in [2.75, 3.05) is 0 Å². The predicted octanol–water partition coefficient (Wildman–Crippen LogP) is -1.67. The summed E-state index contributed by atoms with van der Waals surface area (Å²) in [6, 6.07) is 0.358. The Balaban J connectivity index is 2.53. The molecule has 0 spiro atoms. The summed E-state index contributed by atoms with van der Waals surface area (Å²) >= 11 is 0. The molecule has 1 rings (SSSR count). The van der Waals surface area contributed by atoms with Gasteiger partial charge in [-0.15, -0.1) is 5.10 Å². The lowest BCUT2D eigenvalue weighted by atomic mass is 10.4. The van der Waals surface area contributed by atoms with Crippen molar-refractivity contribution in [3.8, 4) is 6.07 Å². The summed E-state index contributed by atoms with van der Waals surface area (Å²) in [4.78, 5) is 26.1. The third-order valence-corrected chi connectivity index (χ3v) is 1.38. The van der Waals surface area contributed by atoms with Crippen LogP contribution in [0.2, 0.25) is 0 Å². The molecule has 0 aromatic carbocycles. The molecular formula is C7H7N7O3. The van der Waals surface area contributed by atoms with E-state index in [0.29, 0.717) is 0 Å². The van der Waals surface area contributed by atoms with Crippen LogP contribution in [-0.2, 0) is 16.4 Å². The van der Waals surface area contributed by atoms with Gasteiger partial charge in [0.25, 0.3) is 5.91 Å². The van der Waals surface area contributed by atoms with Crippen molar-refractivity contribution in [2.24, 2.45) is 10.9 Å². The Labute approximate surface area is 94.6 Å². The fraction of sp³-hybridized carbons (Fsp3) is 0.143. The summed E-state index contributed by atoms with van der Waals surface area (Å²) in [5.74, 6) is -1.04. The molecule has 88 valence electrons. The first kappa shape index (κ1) is 12.1. The van der Waals surface area contributed by atoms with Crippen LogP contribution in [0.3, 0.4) is 0 Å². The zero-order valence-corrected chi connectivity index (χ0v) is 8.40. The monoisotopic (exact) mass is 237 g/mol. The third kappa shape index (κ3) is 3.96. The standard InChI is InChI=1S/C7H7N7O3/c8-3-5(6(15)11-7(9)16)12-17-4-14-2-1-10-13-14/h1-2H,4H2,(H3,9,11,15,16). The maximum atomic E-state index is 11.1. The Morgan fingerprint density at radius 2 is 2.41 bits per heavy atom. The number of urea groups is 1. The number of nitrogens with two attached hydrogens (primary N) is 1. The van der Waals surface area contributed by atoms with Gasteiger partial charge in [0, 0.05) is 6.20 Å². The number of rotatable bonds is 4. The molecule has 1 heterocycles. The predicted molar refractivity (Wildman–Crippen MR) is 51.9 cm³/mol. The number of primary amides is 1. The molecule has 17 heavy (non-hydrogen) atoms. The summed E-state index contributed by atoms with van der Waals surface area (Å²) in [5.41, 5.74) is 4.06. The van der Waals surface area contributed by atoms with E-state index >= 15 is 0 Å². The van der Waals surface area contributed by atoms with E-state index in [0.717, 1.165) is 0 Å². The molecule has 10 heteroatoms. The van der Waals surface area contributed by atoms with Gasteiger partial charge in [-0.05, 0) is 0 Å². The molecule has 0 fully saturated rings. The molecule has 0 aliphatic rings. The minimum atomic E-state index is -1.09. The second-order valence-corrected chi connectivity index (χ2v) is 2.57. The van der Waals surface area contributed by atoms with Crippen LogP contribution in [0.5, 0.6) is 0 Å². The molecular weight excluding hydrogens is 230 g/mol. The van der Waals surface area contributed by atoms with Crippen molar-refractivity contribution in [1.29, 1.82) is 5.26 Å². The zero-order valence-electron chi connectivity index (χ0n) is 8.40. The molecule has 1 aromatic rings. The molecule has 0 unspecified atom stereocenters. The van der Waals surface area contributed by atoms with Gasteiger partial charge in [0.05, 0.1) is 6.20 Å². The highest BCUT2D eigenvalue weighted by Gasteiger charge is 2.13. The molecule has 3 amide bonds. The summed E-state index contributed by atoms with van der Waals surface area (Å²) in [5, 5.41) is 20.5. The van der Waals surface area contributed by atoms with Gasteiger partial charge in [0.2, 0.25) is 12.4 Å². The summed E-state index contributed by atoms with van der Waals surface area (Å²) in [7, 11) is 0. The highest BCUT2D eigenvalue weighted by Crippen LogP contribution is 1.87. The zero-order chi connectivity index (χ0) is 12.7. The maximum absolute atomic E-state index is 11.1. The van der Waals surface area contributed by atoms with Gasteiger partial charge in [-0.25, -0.2) is 9.48 Å². The van der Waals surface area contributed by atoms with Crippen molar-refractivity contribution in [3.05, 3.63) is 12.4 Å². The van der Waals surface area contributed by atoms with Crippen molar-refractivity contribution in [2.45, 2.75) is 6.73 Å². The van der Waals surface area contributed by atoms with Gasteiger partial charge in [0.15, 0.2) is 0 Å². The van der Waals surface area contributed by atoms with Gasteiger partial charge in [-0.3, -0.25) is 10.1 Å². The van der Waals surface area contributed by atoms with Crippen LogP contribution in [0, 0.1) is 11.3 Å². The number of carbonyl (C=O) groups excluding carboxylic acids is 2. The van der Waals surface area contributed by atoms with Crippen molar-refractivity contribution in [1.82, 2.24) is 20.3 Å². The quantitative estimate of drug-likeness (QED) is 0.472. The Bertz CT molecular complexity index is 472. The van der Waals surface area contributed by atoms with E-state index in [9.17, 15) is 9.59 Å². The largest absolute Gasteiger partial charge is 0.370 e. The number of nitriles is 1. The lowest BCUT2D eigenvalue weighted by Gasteiger charge is -1.99. The van der Waals surface area contributed by atoms with Gasteiger partial charge in [-0.2, -0.15) is 5.26 Å². The highest BCUT2D eigenvalue weighted by atomic mass is 16.6. The number of amides is 3. The van der Waals surface area contributed by atoms with Crippen LogP contribution >= 0.6 is 0 Å². The Hall–Kier alpha value is -2.96. The van der Waals surface area contributed by atoms with Gasteiger partial charge in [0.1, 0.15) is 6.07 Å². The van der Waals surface area contributed by atoms with Crippen LogP contribution in [-0.4, -0.2) is 32.6 Å². The number of nitrogens with zero attached hydrogens (tertiary/aromatic N) is 5. The average molecular weight is 237 g/mol. The molecule has 0 aliphatic heterocycles. The van der Waals surface area contributed by atoms with Crippen LogP contribution < -0.4 is 11.1 Å². The average Bonchev–Trinajstić information content (AvgIpc) is 2.76. The first-order valence-corrected chi connectivity index (χ1v) is 4.18. The van der Waals surface area contributed by atoms with Gasteiger partial charge >= 0.3 is 6.03 Å². The molecule has 0 saturated carbocycles. The lowest BCUT2D eigenvalue weighted by Crippen LogP contribution is -2.39. The van der Waals surface area contributed by atoms with Gasteiger partial charge < -0.3 is 10.6 Å². The topological polar surface area (TPSA) is 148 Å². The van der Waals surface area contributed by atoms with E-state index in [-0.39, 0.29) is 6.73 Å². The van der Waals surface area contributed by atoms with Crippen molar-refractivity contribution in [3.63, 3.8) is 0 Å². The lowest BCUT2D eigenvalue weighted by molar-refractivity contribution is -0.113. The Kier molecular flexibility index (Phi) is 4.14. The Morgan fingerprint density at radius 3 is 2.94 bits per heavy atom. The molecule has 0 saturated heterocycles. The fourth-order valence-corrected chi connectivity index (χ4v) is 0.738. The first-order chi connectivity index (χ1) is 8.13. The van der Waals surface area contributed by atoms with E-state index < -0.39 is 17.6 Å². The number of hydrogen-bond donors (Lipinski definition) is 2. The number of aromatic nitrogens is 3. The molecule has 0 bridgehead atoms. The molecule has 3 N–H and O–H groups in total. The normalized spacial score (nSPS) is 10.4. The highest BCUT2D eigenvalue weighted by molar-refractivity contribution is 6.46. The van der Waals surface area contributed by atoms with Crippen LogP contribution in [0.4, 0.5) is 4.79 Å². The third-order valence-electron chi connectivity index (χ3n) is 1.38.